The first-order valence-corrected chi connectivity index (χ1v) is 8.89. The first kappa shape index (κ1) is 17.7. The number of ether oxygens (including phenoxy) is 1. The average Bonchev–Trinajstić information content (AvgIpc) is 3.15. The van der Waals surface area contributed by atoms with E-state index in [1.165, 1.54) is 0 Å². The van der Waals surface area contributed by atoms with Crippen LogP contribution in [0.15, 0.2) is 77.4 Å². The van der Waals surface area contributed by atoms with Crippen LogP contribution < -0.4 is 10.5 Å². The molecule has 1 aromatic heterocycles. The van der Waals surface area contributed by atoms with Crippen molar-refractivity contribution < 1.29 is 19.1 Å². The number of carbonyl (C=O) groups is 1. The van der Waals surface area contributed by atoms with Gasteiger partial charge in [-0.15, -0.1) is 0 Å². The molecule has 0 spiro atoms. The van der Waals surface area contributed by atoms with Crippen LogP contribution in [0.3, 0.4) is 0 Å². The van der Waals surface area contributed by atoms with Crippen LogP contribution >= 0.6 is 0 Å². The Balaban J connectivity index is 1.65. The molecule has 0 aliphatic rings. The van der Waals surface area contributed by atoms with E-state index >= 15 is 0 Å². The van der Waals surface area contributed by atoms with Crippen LogP contribution in [-0.2, 0) is 17.8 Å². The van der Waals surface area contributed by atoms with E-state index in [1.54, 1.807) is 18.4 Å². The Labute approximate surface area is 162 Å². The normalized spacial score (nSPS) is 10.9. The number of carboxylic acid groups (broad SMARTS) is 1. The number of furan rings is 1. The lowest BCUT2D eigenvalue weighted by atomic mass is 10.0. The topological polar surface area (TPSA) is 85.7 Å². The number of hydrogen-bond acceptors (Lipinski definition) is 4. The van der Waals surface area contributed by atoms with Crippen molar-refractivity contribution >= 4 is 22.6 Å². The Kier molecular flexibility index (Phi) is 4.72. The molecule has 0 fully saturated rings. The van der Waals surface area contributed by atoms with Crippen LogP contribution in [0.1, 0.15) is 11.1 Å². The fourth-order valence-corrected chi connectivity index (χ4v) is 3.22. The summed E-state index contributed by atoms with van der Waals surface area (Å²) in [5, 5.41) is 10.1. The zero-order valence-electron chi connectivity index (χ0n) is 15.1. The van der Waals surface area contributed by atoms with Gasteiger partial charge in [-0.25, -0.2) is 0 Å². The summed E-state index contributed by atoms with van der Waals surface area (Å²) >= 11 is 0. The van der Waals surface area contributed by atoms with Crippen molar-refractivity contribution in [3.05, 3.63) is 84.1 Å². The van der Waals surface area contributed by atoms with Crippen LogP contribution in [0.2, 0.25) is 0 Å². The number of hydrogen-bond donors (Lipinski definition) is 2. The van der Waals surface area contributed by atoms with Gasteiger partial charge in [-0.2, -0.15) is 0 Å². The van der Waals surface area contributed by atoms with Crippen molar-refractivity contribution in [2.75, 3.05) is 5.73 Å². The standard InChI is InChI=1S/C23H19NO4/c24-19-7-5-16(6-8-19)20-12-15(11-18-9-10-27-23(18)20)14-28-21-4-2-1-3-17(21)13-22(25)26/h1-12H,13-14,24H2,(H,25,26). The first-order chi connectivity index (χ1) is 13.6. The zero-order chi connectivity index (χ0) is 19.5. The number of benzene rings is 3. The highest BCUT2D eigenvalue weighted by Crippen LogP contribution is 2.32. The Bertz CT molecular complexity index is 1130. The van der Waals surface area contributed by atoms with Crippen LogP contribution in [0.4, 0.5) is 5.69 Å². The minimum Gasteiger partial charge on any atom is -0.489 e. The summed E-state index contributed by atoms with van der Waals surface area (Å²) in [4.78, 5) is 11.1. The maximum atomic E-state index is 11.1. The second-order valence-corrected chi connectivity index (χ2v) is 6.57. The lowest BCUT2D eigenvalue weighted by Crippen LogP contribution is -2.04. The van der Waals surface area contributed by atoms with Gasteiger partial charge in [0, 0.05) is 22.2 Å². The van der Waals surface area contributed by atoms with E-state index in [0.29, 0.717) is 23.6 Å². The summed E-state index contributed by atoms with van der Waals surface area (Å²) in [6.07, 6.45) is 1.59. The second-order valence-electron chi connectivity index (χ2n) is 6.57. The Morgan fingerprint density at radius 3 is 2.61 bits per heavy atom. The lowest BCUT2D eigenvalue weighted by molar-refractivity contribution is -0.136. The van der Waals surface area contributed by atoms with Crippen molar-refractivity contribution in [2.45, 2.75) is 13.0 Å². The minimum absolute atomic E-state index is 0.0758. The molecule has 3 N–H and O–H groups in total. The Morgan fingerprint density at radius 2 is 1.82 bits per heavy atom. The largest absolute Gasteiger partial charge is 0.489 e. The number of fused-ring (bicyclic) bond motifs is 1. The third kappa shape index (κ3) is 3.69. The summed E-state index contributed by atoms with van der Waals surface area (Å²) in [6, 6.07) is 20.8. The molecule has 0 radical (unpaired) electrons. The number of nitrogen functional groups attached to an aromatic ring is 1. The summed E-state index contributed by atoms with van der Waals surface area (Å²) in [5.74, 6) is -0.312. The summed E-state index contributed by atoms with van der Waals surface area (Å²) in [6.45, 7) is 0.319. The van der Waals surface area contributed by atoms with E-state index in [-0.39, 0.29) is 6.42 Å². The number of para-hydroxylation sites is 1. The number of rotatable bonds is 6. The third-order valence-electron chi connectivity index (χ3n) is 4.54. The van der Waals surface area contributed by atoms with Gasteiger partial charge >= 0.3 is 5.97 Å². The molecule has 4 aromatic rings. The van der Waals surface area contributed by atoms with Crippen molar-refractivity contribution in [3.63, 3.8) is 0 Å². The zero-order valence-corrected chi connectivity index (χ0v) is 15.1. The molecule has 0 unspecified atom stereocenters. The van der Waals surface area contributed by atoms with Gasteiger partial charge in [0.1, 0.15) is 17.9 Å². The Morgan fingerprint density at radius 1 is 1.04 bits per heavy atom. The van der Waals surface area contributed by atoms with E-state index in [0.717, 1.165) is 27.7 Å². The van der Waals surface area contributed by atoms with Gasteiger partial charge in [0.05, 0.1) is 12.7 Å². The maximum absolute atomic E-state index is 11.1. The minimum atomic E-state index is -0.887. The monoisotopic (exact) mass is 373 g/mol. The van der Waals surface area contributed by atoms with E-state index in [1.807, 2.05) is 54.6 Å². The lowest BCUT2D eigenvalue weighted by Gasteiger charge is -2.12. The van der Waals surface area contributed by atoms with Gasteiger partial charge in [0.25, 0.3) is 0 Å². The van der Waals surface area contributed by atoms with Crippen LogP contribution in [0.5, 0.6) is 5.75 Å². The molecular weight excluding hydrogens is 354 g/mol. The fraction of sp³-hybridized carbons (Fsp3) is 0.0870. The predicted octanol–water partition coefficient (Wildman–Crippen LogP) is 4.89. The van der Waals surface area contributed by atoms with Gasteiger partial charge < -0.3 is 20.0 Å². The molecular formula is C23H19NO4. The maximum Gasteiger partial charge on any atom is 0.307 e. The molecule has 0 amide bonds. The number of anilines is 1. The molecule has 0 saturated carbocycles. The van der Waals surface area contributed by atoms with Gasteiger partial charge in [0.15, 0.2) is 0 Å². The van der Waals surface area contributed by atoms with E-state index in [4.69, 9.17) is 20.0 Å². The van der Waals surface area contributed by atoms with Gasteiger partial charge in [-0.1, -0.05) is 30.3 Å². The van der Waals surface area contributed by atoms with E-state index in [9.17, 15) is 4.79 Å². The highest BCUT2D eigenvalue weighted by Gasteiger charge is 2.12. The van der Waals surface area contributed by atoms with Crippen molar-refractivity contribution in [3.8, 4) is 16.9 Å². The molecule has 0 aliphatic carbocycles. The number of nitrogens with two attached hydrogens (primary N) is 1. The molecule has 0 bridgehead atoms. The Hall–Kier alpha value is -3.73. The molecule has 0 atom stereocenters. The quantitative estimate of drug-likeness (QED) is 0.470. The van der Waals surface area contributed by atoms with Gasteiger partial charge in [-0.05, 0) is 47.5 Å². The molecule has 28 heavy (non-hydrogen) atoms. The van der Waals surface area contributed by atoms with Crippen LogP contribution in [-0.4, -0.2) is 11.1 Å². The highest BCUT2D eigenvalue weighted by molar-refractivity contribution is 5.93. The van der Waals surface area contributed by atoms with Crippen LogP contribution in [0.25, 0.3) is 22.1 Å². The molecule has 140 valence electrons. The molecule has 4 rings (SSSR count). The third-order valence-corrected chi connectivity index (χ3v) is 4.54. The highest BCUT2D eigenvalue weighted by atomic mass is 16.5. The first-order valence-electron chi connectivity index (χ1n) is 8.89. The number of aliphatic carboxylic acids is 1. The molecule has 1 heterocycles. The van der Waals surface area contributed by atoms with Crippen molar-refractivity contribution in [2.24, 2.45) is 0 Å². The molecule has 0 saturated heterocycles. The summed E-state index contributed by atoms with van der Waals surface area (Å²) in [5.41, 5.74) is 10.9. The van der Waals surface area contributed by atoms with Gasteiger partial charge in [0.2, 0.25) is 0 Å². The molecule has 5 heteroatoms. The summed E-state index contributed by atoms with van der Waals surface area (Å²) < 4.78 is 11.6. The van der Waals surface area contributed by atoms with Crippen molar-refractivity contribution in [1.29, 1.82) is 0 Å². The van der Waals surface area contributed by atoms with Crippen LogP contribution in [0, 0.1) is 0 Å². The van der Waals surface area contributed by atoms with Crippen molar-refractivity contribution in [1.82, 2.24) is 0 Å². The van der Waals surface area contributed by atoms with E-state index < -0.39 is 5.97 Å². The molecule has 0 aliphatic heterocycles. The smallest absolute Gasteiger partial charge is 0.307 e. The van der Waals surface area contributed by atoms with Gasteiger partial charge in [-0.3, -0.25) is 4.79 Å². The second kappa shape index (κ2) is 7.48. The molecule has 5 nitrogen and oxygen atoms in total. The SMILES string of the molecule is Nc1ccc(-c2cc(COc3ccccc3CC(=O)O)cc3ccoc23)cc1. The fourth-order valence-electron chi connectivity index (χ4n) is 3.22. The number of carboxylic acids is 1. The average molecular weight is 373 g/mol. The molecule has 3 aromatic carbocycles. The van der Waals surface area contributed by atoms with E-state index in [2.05, 4.69) is 0 Å². The predicted molar refractivity (Wildman–Crippen MR) is 108 cm³/mol. The summed E-state index contributed by atoms with van der Waals surface area (Å²) in [7, 11) is 0.